The SMILES string of the molecule is Cc1ccc(CNC(=O)c2cn3c(c(O)c2=O)C(=O)N2CCC[C@H](F)[C@H]3C2)c(F)c1. The van der Waals surface area contributed by atoms with E-state index in [0.717, 1.165) is 11.8 Å². The van der Waals surface area contributed by atoms with E-state index >= 15 is 0 Å². The van der Waals surface area contributed by atoms with Crippen LogP contribution >= 0.6 is 0 Å². The van der Waals surface area contributed by atoms with Gasteiger partial charge in [0.05, 0.1) is 6.04 Å². The van der Waals surface area contributed by atoms with Gasteiger partial charge in [0.25, 0.3) is 11.8 Å². The first-order valence-electron chi connectivity index (χ1n) is 9.72. The molecule has 1 saturated heterocycles. The number of hydrogen-bond donors (Lipinski definition) is 2. The summed E-state index contributed by atoms with van der Waals surface area (Å²) in [7, 11) is 0. The highest BCUT2D eigenvalue weighted by molar-refractivity contribution is 5.99. The number of rotatable bonds is 3. The zero-order valence-corrected chi connectivity index (χ0v) is 16.3. The molecule has 158 valence electrons. The lowest BCUT2D eigenvalue weighted by molar-refractivity contribution is 0.0645. The molecule has 2 bridgehead atoms. The van der Waals surface area contributed by atoms with Gasteiger partial charge in [-0.05, 0) is 31.4 Å². The number of nitrogens with zero attached hydrogens (tertiary/aromatic N) is 2. The van der Waals surface area contributed by atoms with Crippen molar-refractivity contribution in [1.29, 1.82) is 0 Å². The van der Waals surface area contributed by atoms with Crippen LogP contribution in [-0.2, 0) is 6.54 Å². The molecular weight excluding hydrogens is 396 g/mol. The molecule has 3 heterocycles. The van der Waals surface area contributed by atoms with Crippen molar-refractivity contribution in [2.75, 3.05) is 13.1 Å². The van der Waals surface area contributed by atoms with E-state index in [9.17, 15) is 28.3 Å². The first kappa shape index (κ1) is 20.1. The number of carbonyl (C=O) groups excluding carboxylic acids is 2. The molecule has 0 radical (unpaired) electrons. The maximum Gasteiger partial charge on any atom is 0.274 e. The molecule has 2 N–H and O–H groups in total. The summed E-state index contributed by atoms with van der Waals surface area (Å²) >= 11 is 0. The molecule has 0 aliphatic carbocycles. The zero-order valence-electron chi connectivity index (χ0n) is 16.3. The first-order chi connectivity index (χ1) is 14.3. The van der Waals surface area contributed by atoms with Crippen LogP contribution < -0.4 is 10.7 Å². The monoisotopic (exact) mass is 417 g/mol. The first-order valence-corrected chi connectivity index (χ1v) is 9.72. The van der Waals surface area contributed by atoms with Crippen molar-refractivity contribution >= 4 is 11.8 Å². The molecular formula is C21H21F2N3O4. The maximum absolute atomic E-state index is 14.7. The quantitative estimate of drug-likeness (QED) is 0.800. The van der Waals surface area contributed by atoms with Gasteiger partial charge in [0.1, 0.15) is 17.6 Å². The van der Waals surface area contributed by atoms with Crippen molar-refractivity contribution in [3.05, 3.63) is 62.8 Å². The summed E-state index contributed by atoms with van der Waals surface area (Å²) in [6, 6.07) is 3.74. The fourth-order valence-corrected chi connectivity index (χ4v) is 4.02. The Morgan fingerprint density at radius 1 is 1.33 bits per heavy atom. The van der Waals surface area contributed by atoms with Crippen molar-refractivity contribution in [2.24, 2.45) is 0 Å². The number of aryl methyl sites for hydroxylation is 1. The van der Waals surface area contributed by atoms with E-state index in [1.807, 2.05) is 0 Å². The van der Waals surface area contributed by atoms with Crippen LogP contribution in [0.25, 0.3) is 0 Å². The number of pyridine rings is 1. The predicted octanol–water partition coefficient (Wildman–Crippen LogP) is 2.06. The van der Waals surface area contributed by atoms with Gasteiger partial charge >= 0.3 is 0 Å². The topological polar surface area (TPSA) is 91.6 Å². The summed E-state index contributed by atoms with van der Waals surface area (Å²) in [5, 5.41) is 12.8. The summed E-state index contributed by atoms with van der Waals surface area (Å²) < 4.78 is 29.9. The highest BCUT2D eigenvalue weighted by atomic mass is 19.1. The average molecular weight is 417 g/mol. The molecule has 0 unspecified atom stereocenters. The largest absolute Gasteiger partial charge is 0.503 e. The Morgan fingerprint density at radius 3 is 2.83 bits per heavy atom. The third kappa shape index (κ3) is 3.34. The third-order valence-electron chi connectivity index (χ3n) is 5.68. The van der Waals surface area contributed by atoms with Crippen LogP contribution in [0, 0.1) is 12.7 Å². The molecule has 2 aromatic rings. The Morgan fingerprint density at radius 2 is 2.10 bits per heavy atom. The second-order valence-corrected chi connectivity index (χ2v) is 7.73. The van der Waals surface area contributed by atoms with Gasteiger partial charge < -0.3 is 19.9 Å². The van der Waals surface area contributed by atoms with Crippen LogP contribution in [0.15, 0.2) is 29.2 Å². The number of hydrogen-bond acceptors (Lipinski definition) is 4. The van der Waals surface area contributed by atoms with Crippen molar-refractivity contribution in [1.82, 2.24) is 14.8 Å². The van der Waals surface area contributed by atoms with E-state index in [4.69, 9.17) is 0 Å². The van der Waals surface area contributed by atoms with Gasteiger partial charge in [-0.25, -0.2) is 8.78 Å². The highest BCUT2D eigenvalue weighted by Crippen LogP contribution is 2.33. The van der Waals surface area contributed by atoms with Crippen molar-refractivity contribution in [3.63, 3.8) is 0 Å². The van der Waals surface area contributed by atoms with Crippen LogP contribution in [0.4, 0.5) is 8.78 Å². The lowest BCUT2D eigenvalue weighted by atomic mass is 10.0. The molecule has 1 aromatic carbocycles. The van der Waals surface area contributed by atoms with E-state index in [1.165, 1.54) is 21.6 Å². The number of aromatic hydroxyl groups is 1. The second kappa shape index (κ2) is 7.55. The van der Waals surface area contributed by atoms with Crippen molar-refractivity contribution in [2.45, 2.75) is 38.5 Å². The second-order valence-electron chi connectivity index (χ2n) is 7.73. The number of carbonyl (C=O) groups is 2. The van der Waals surface area contributed by atoms with E-state index in [1.54, 1.807) is 13.0 Å². The lowest BCUT2D eigenvalue weighted by Crippen LogP contribution is -2.46. The van der Waals surface area contributed by atoms with Crippen LogP contribution in [0.1, 0.15) is 50.9 Å². The number of nitrogens with one attached hydrogen (secondary N) is 1. The minimum Gasteiger partial charge on any atom is -0.503 e. The Labute approximate surface area is 170 Å². The fourth-order valence-electron chi connectivity index (χ4n) is 4.02. The molecule has 2 atom stereocenters. The highest BCUT2D eigenvalue weighted by Gasteiger charge is 2.40. The van der Waals surface area contributed by atoms with Gasteiger partial charge in [-0.3, -0.25) is 14.4 Å². The van der Waals surface area contributed by atoms with E-state index in [-0.39, 0.29) is 30.8 Å². The van der Waals surface area contributed by atoms with Crippen molar-refractivity contribution in [3.8, 4) is 5.75 Å². The molecule has 2 aliphatic heterocycles. The molecule has 2 amide bonds. The summed E-state index contributed by atoms with van der Waals surface area (Å²) in [4.78, 5) is 39.3. The standard InChI is InChI=1S/C21H21F2N3O4/c1-11-4-5-12(15(23)7-11)8-24-20(29)13-9-26-16-10-25(6-2-3-14(16)22)21(30)17(26)19(28)18(13)27/h4-5,7,9,14,16,28H,2-3,6,8,10H2,1H3,(H,24,29)/t14-,16+/m0/s1. The number of aromatic nitrogens is 1. The molecule has 0 spiro atoms. The summed E-state index contributed by atoms with van der Waals surface area (Å²) in [5.74, 6) is -2.78. The number of amides is 2. The molecule has 4 rings (SSSR count). The van der Waals surface area contributed by atoms with Crippen LogP contribution in [-0.4, -0.2) is 45.6 Å². The Bertz CT molecular complexity index is 1100. The summed E-state index contributed by atoms with van der Waals surface area (Å²) in [6.45, 7) is 2.00. The lowest BCUT2D eigenvalue weighted by Gasteiger charge is -2.35. The molecule has 2 aliphatic rings. The molecule has 0 saturated carbocycles. The minimum absolute atomic E-state index is 0.102. The van der Waals surface area contributed by atoms with Crippen LogP contribution in [0.2, 0.25) is 0 Å². The maximum atomic E-state index is 14.7. The Kier molecular flexibility index (Phi) is 5.05. The molecule has 9 heteroatoms. The number of halogens is 2. The smallest absolute Gasteiger partial charge is 0.274 e. The molecule has 30 heavy (non-hydrogen) atoms. The van der Waals surface area contributed by atoms with E-state index < -0.39 is 46.6 Å². The van der Waals surface area contributed by atoms with E-state index in [2.05, 4.69) is 5.32 Å². The number of alkyl halides is 1. The van der Waals surface area contributed by atoms with Gasteiger partial charge in [0, 0.05) is 31.4 Å². The Hall–Kier alpha value is -3.23. The third-order valence-corrected chi connectivity index (χ3v) is 5.68. The number of benzene rings is 1. The van der Waals surface area contributed by atoms with Crippen LogP contribution in [0.3, 0.4) is 0 Å². The predicted molar refractivity (Wildman–Crippen MR) is 104 cm³/mol. The minimum atomic E-state index is -1.29. The summed E-state index contributed by atoms with van der Waals surface area (Å²) in [5.41, 5.74) is -0.798. The van der Waals surface area contributed by atoms with Gasteiger partial charge in [0.15, 0.2) is 11.4 Å². The fraction of sp³-hybridized carbons (Fsp3) is 0.381. The molecule has 7 nitrogen and oxygen atoms in total. The van der Waals surface area contributed by atoms with Gasteiger partial charge in [-0.15, -0.1) is 0 Å². The van der Waals surface area contributed by atoms with Crippen molar-refractivity contribution < 1.29 is 23.5 Å². The average Bonchev–Trinajstić information content (AvgIpc) is 2.87. The summed E-state index contributed by atoms with van der Waals surface area (Å²) in [6.07, 6.45) is 0.532. The molecule has 1 fully saturated rings. The van der Waals surface area contributed by atoms with Gasteiger partial charge in [0.2, 0.25) is 5.43 Å². The molecule has 1 aromatic heterocycles. The van der Waals surface area contributed by atoms with Gasteiger partial charge in [-0.1, -0.05) is 12.1 Å². The zero-order chi connectivity index (χ0) is 21.6. The normalized spacial score (nSPS) is 20.5. The van der Waals surface area contributed by atoms with Gasteiger partial charge in [-0.2, -0.15) is 0 Å². The van der Waals surface area contributed by atoms with Crippen LogP contribution in [0.5, 0.6) is 5.75 Å². The Balaban J connectivity index is 1.68. The number of fused-ring (bicyclic) bond motifs is 4. The van der Waals surface area contributed by atoms with E-state index in [0.29, 0.717) is 13.0 Å².